The lowest BCUT2D eigenvalue weighted by atomic mass is 9.76. The number of halogens is 5. The summed E-state index contributed by atoms with van der Waals surface area (Å²) in [6.07, 6.45) is 7.55. The van der Waals surface area contributed by atoms with Gasteiger partial charge in [0.2, 0.25) is 23.4 Å². The third-order valence-electron chi connectivity index (χ3n) is 14.2. The molecule has 18 heteroatoms. The number of hydroxylamine groups is 4. The van der Waals surface area contributed by atoms with E-state index in [1.807, 2.05) is 36.4 Å². The molecule has 0 saturated heterocycles. The molecule has 0 fully saturated rings. The van der Waals surface area contributed by atoms with E-state index in [0.29, 0.717) is 53.2 Å². The summed E-state index contributed by atoms with van der Waals surface area (Å²) < 4.78 is 66.5. The van der Waals surface area contributed by atoms with E-state index in [-0.39, 0.29) is 29.5 Å². The number of rotatable bonds is 4. The van der Waals surface area contributed by atoms with E-state index in [0.717, 1.165) is 66.1 Å². The summed E-state index contributed by atoms with van der Waals surface area (Å²) in [5, 5.41) is 20.0. The van der Waals surface area contributed by atoms with Crippen molar-refractivity contribution in [1.29, 1.82) is 0 Å². The lowest BCUT2D eigenvalue weighted by Crippen LogP contribution is -2.42. The fraction of sp³-hybridized carbons (Fsp3) is 0.296. The summed E-state index contributed by atoms with van der Waals surface area (Å²) >= 11 is 3.56. The zero-order valence-electron chi connectivity index (χ0n) is 39.5. The molecule has 6 unspecified atom stereocenters. The van der Waals surface area contributed by atoms with Crippen molar-refractivity contribution >= 4 is 40.4 Å². The molecule has 0 saturated carbocycles. The molecule has 0 radical (unpaired) electrons. The Hall–Kier alpha value is -6.44. The largest absolute Gasteiger partial charge is 0.489 e. The minimum atomic E-state index is -1.83. The van der Waals surface area contributed by atoms with Crippen LogP contribution in [0.2, 0.25) is 0 Å². The average Bonchev–Trinajstić information content (AvgIpc) is 3.81. The maximum absolute atomic E-state index is 13.9. The zero-order valence-corrected chi connectivity index (χ0v) is 41.0. The molecule has 72 heavy (non-hydrogen) atoms. The molecule has 6 N–H and O–H groups in total. The summed E-state index contributed by atoms with van der Waals surface area (Å²) in [5.74, 6) is -0.240. The Kier molecular flexibility index (Phi) is 13.6. The molecule has 6 aliphatic rings. The third-order valence-corrected chi connectivity index (χ3v) is 14.7. The molecule has 12 rings (SSSR count). The van der Waals surface area contributed by atoms with Crippen molar-refractivity contribution in [2.45, 2.75) is 86.9 Å². The van der Waals surface area contributed by atoms with Crippen LogP contribution in [0.5, 0.6) is 11.5 Å². The molecular formula is C54H52BBrF4N6O6. The van der Waals surface area contributed by atoms with Gasteiger partial charge >= 0.3 is 7.12 Å². The smallest absolute Gasteiger partial charge is 0.488 e. The topological polar surface area (TPSA) is 161 Å². The van der Waals surface area contributed by atoms with E-state index in [2.05, 4.69) is 64.5 Å². The van der Waals surface area contributed by atoms with Gasteiger partial charge in [-0.25, -0.2) is 47.3 Å². The van der Waals surface area contributed by atoms with Crippen molar-refractivity contribution in [3.8, 4) is 22.6 Å². The first kappa shape index (κ1) is 49.2. The number of nitrogens with two attached hydrogens (primary N) is 2. The predicted octanol–water partition coefficient (Wildman–Crippen LogP) is 8.96. The van der Waals surface area contributed by atoms with Gasteiger partial charge in [-0.3, -0.25) is 0 Å². The molecule has 6 aromatic carbocycles. The van der Waals surface area contributed by atoms with Gasteiger partial charge in [-0.1, -0.05) is 70.5 Å². The summed E-state index contributed by atoms with van der Waals surface area (Å²) in [4.78, 5) is 21.9. The SMILES string of the molecule is CN1OC2(CC(C3CCCc4ccccc43)Oc3ccc(-c4cc(F)cc(F)c4)cc32)N=C1N.CN1OC2(CC(C3CCCc4ccccc43)Oc3ccc(Br)cc32)N=C1N.OB(O)c1cc(F)cc(F)c1. The average molecular weight is 1050 g/mol. The van der Waals surface area contributed by atoms with Crippen molar-refractivity contribution < 1.29 is 46.8 Å². The van der Waals surface area contributed by atoms with Crippen molar-refractivity contribution in [1.82, 2.24) is 10.1 Å². The van der Waals surface area contributed by atoms with Gasteiger partial charge in [0.1, 0.15) is 47.0 Å². The Balaban J connectivity index is 0.000000140. The second-order valence-electron chi connectivity index (χ2n) is 18.9. The first-order valence-electron chi connectivity index (χ1n) is 23.9. The fourth-order valence-corrected chi connectivity index (χ4v) is 11.3. The van der Waals surface area contributed by atoms with Gasteiger partial charge in [0.15, 0.2) is 0 Å². The molecule has 0 bridgehead atoms. The number of benzene rings is 6. The van der Waals surface area contributed by atoms with E-state index >= 15 is 0 Å². The van der Waals surface area contributed by atoms with Crippen molar-refractivity contribution in [3.63, 3.8) is 0 Å². The van der Waals surface area contributed by atoms with Crippen LogP contribution in [0.3, 0.4) is 0 Å². The number of nitrogens with zero attached hydrogens (tertiary/aromatic N) is 4. The standard InChI is InChI=1S/C27H25F2N3O2.C21H22BrN3O2.C6H5BF2O2/c1-32-26(30)31-27(34-32)15-25(22-8-4-6-16-5-2-3-7-21(16)22)33-24-10-9-17(13-23(24)27)18-11-19(28)14-20(29)12-18;1-25-20(23)24-21(27-25)12-19(26-18-10-9-14(22)11-17(18)21)16-8-4-6-13-5-2-3-7-15(13)16;8-5-1-4(7(10)11)2-6(9)3-5/h2-3,5,7,9-14,22,25H,4,6,8,15H2,1H3,(H2,30,31);2-3,5,7,9-11,16,19H,4,6,8,12H2,1H3,(H2,23,24);1-3,10-11H. The highest BCUT2D eigenvalue weighted by atomic mass is 79.9. The van der Waals surface area contributed by atoms with Crippen LogP contribution < -0.4 is 26.4 Å². The Morgan fingerprint density at radius 1 is 0.597 bits per heavy atom. The van der Waals surface area contributed by atoms with Gasteiger partial charge in [-0.15, -0.1) is 0 Å². The van der Waals surface area contributed by atoms with Gasteiger partial charge in [0, 0.05) is 55.4 Å². The molecule has 0 aromatic heterocycles. The van der Waals surface area contributed by atoms with Crippen molar-refractivity contribution in [2.24, 2.45) is 21.5 Å². The van der Waals surface area contributed by atoms with E-state index in [1.54, 1.807) is 19.2 Å². The van der Waals surface area contributed by atoms with Crippen molar-refractivity contribution in [2.75, 3.05) is 14.1 Å². The molecule has 2 spiro atoms. The Morgan fingerprint density at radius 3 is 1.53 bits per heavy atom. The summed E-state index contributed by atoms with van der Waals surface area (Å²) in [7, 11) is 1.69. The van der Waals surface area contributed by atoms with E-state index in [9.17, 15) is 17.6 Å². The molecule has 4 heterocycles. The summed E-state index contributed by atoms with van der Waals surface area (Å²) in [6.45, 7) is 0. The number of fused-ring (bicyclic) bond motifs is 6. The lowest BCUT2D eigenvalue weighted by Gasteiger charge is -2.41. The highest BCUT2D eigenvalue weighted by Crippen LogP contribution is 2.52. The minimum Gasteiger partial charge on any atom is -0.489 e. The Morgan fingerprint density at radius 2 is 1.06 bits per heavy atom. The molecular weight excluding hydrogens is 995 g/mol. The van der Waals surface area contributed by atoms with Crippen LogP contribution in [0.25, 0.3) is 11.1 Å². The Labute approximate surface area is 423 Å². The second-order valence-corrected chi connectivity index (χ2v) is 19.8. The van der Waals surface area contributed by atoms with Crippen LogP contribution in [-0.4, -0.2) is 65.5 Å². The molecule has 6 aromatic rings. The third kappa shape index (κ3) is 9.77. The Bertz CT molecular complexity index is 3060. The number of guanidine groups is 2. The fourth-order valence-electron chi connectivity index (χ4n) is 10.9. The highest BCUT2D eigenvalue weighted by Gasteiger charge is 2.52. The van der Waals surface area contributed by atoms with Crippen molar-refractivity contribution in [3.05, 3.63) is 182 Å². The number of hydrogen-bond donors (Lipinski definition) is 4. The minimum absolute atomic E-state index is 0.0109. The van der Waals surface area contributed by atoms with E-state index in [1.165, 1.54) is 45.9 Å². The number of aryl methyl sites for hydroxylation is 2. The van der Waals surface area contributed by atoms with Crippen LogP contribution in [0.4, 0.5) is 17.6 Å². The molecule has 6 atom stereocenters. The molecule has 0 amide bonds. The van der Waals surface area contributed by atoms with E-state index in [4.69, 9.17) is 50.6 Å². The quantitative estimate of drug-likeness (QED) is 0.0992. The highest BCUT2D eigenvalue weighted by molar-refractivity contribution is 9.10. The predicted molar refractivity (Wildman–Crippen MR) is 269 cm³/mol. The molecule has 2 aliphatic carbocycles. The van der Waals surface area contributed by atoms with Gasteiger partial charge < -0.3 is 31.0 Å². The normalized spacial score (nSPS) is 24.5. The summed E-state index contributed by atoms with van der Waals surface area (Å²) in [6, 6.07) is 34.6. The monoisotopic (exact) mass is 1050 g/mol. The van der Waals surface area contributed by atoms with E-state index < -0.39 is 41.8 Å². The first-order chi connectivity index (χ1) is 34.6. The lowest BCUT2D eigenvalue weighted by molar-refractivity contribution is -0.192. The summed E-state index contributed by atoms with van der Waals surface area (Å²) in [5.41, 5.74) is 18.3. The second kappa shape index (κ2) is 19.9. The number of hydrogen-bond acceptors (Lipinski definition) is 12. The van der Waals surface area contributed by atoms with Crippen LogP contribution in [0, 0.1) is 23.3 Å². The van der Waals surface area contributed by atoms with Crippen LogP contribution in [0.15, 0.2) is 136 Å². The number of ether oxygens (including phenoxy) is 2. The maximum Gasteiger partial charge on any atom is 0.488 e. The number of aliphatic imine (C=N–C) groups is 2. The van der Waals surface area contributed by atoms with Gasteiger partial charge in [-0.05, 0) is 132 Å². The van der Waals surface area contributed by atoms with Crippen LogP contribution in [-0.2, 0) is 34.0 Å². The molecule has 12 nitrogen and oxygen atoms in total. The van der Waals surface area contributed by atoms with Crippen LogP contribution in [0.1, 0.15) is 83.7 Å². The van der Waals surface area contributed by atoms with Gasteiger partial charge in [0.05, 0.1) is 11.1 Å². The van der Waals surface area contributed by atoms with Gasteiger partial charge in [0.25, 0.3) is 0 Å². The van der Waals surface area contributed by atoms with Crippen LogP contribution >= 0.6 is 15.9 Å². The first-order valence-corrected chi connectivity index (χ1v) is 24.6. The van der Waals surface area contributed by atoms with Gasteiger partial charge in [-0.2, -0.15) is 0 Å². The molecule has 372 valence electrons. The zero-order chi connectivity index (χ0) is 50.5. The maximum atomic E-state index is 13.9. The molecule has 4 aliphatic heterocycles.